The lowest BCUT2D eigenvalue weighted by molar-refractivity contribution is -0.121. The number of benzene rings is 1. The molecule has 25 heavy (non-hydrogen) atoms. The molecule has 1 aromatic heterocycles. The van der Waals surface area contributed by atoms with Crippen LogP contribution in [0.4, 0.5) is 0 Å². The van der Waals surface area contributed by atoms with Gasteiger partial charge in [0.15, 0.2) is 0 Å². The van der Waals surface area contributed by atoms with Crippen molar-refractivity contribution in [1.29, 1.82) is 0 Å². The molecule has 1 aliphatic heterocycles. The fraction of sp³-hybridized carbons (Fsp3) is 0.474. The number of carbonyl (C=O) groups is 1. The van der Waals surface area contributed by atoms with Crippen molar-refractivity contribution in [3.8, 4) is 0 Å². The summed E-state index contributed by atoms with van der Waals surface area (Å²) in [4.78, 5) is 28.9. The summed E-state index contributed by atoms with van der Waals surface area (Å²) in [6, 6.07) is 7.85. The molecule has 2 heterocycles. The third kappa shape index (κ3) is 4.90. The van der Waals surface area contributed by atoms with Crippen LogP contribution in [0.1, 0.15) is 17.5 Å². The SMILES string of the molecule is Cc1cc2ccc(CCC(=O)NCCN3CCOCC3)cc2[nH]c1=O. The van der Waals surface area contributed by atoms with Gasteiger partial charge < -0.3 is 15.0 Å². The Morgan fingerprint density at radius 3 is 2.88 bits per heavy atom. The van der Waals surface area contributed by atoms with E-state index < -0.39 is 0 Å². The smallest absolute Gasteiger partial charge is 0.251 e. The monoisotopic (exact) mass is 343 g/mol. The predicted octanol–water partition coefficient (Wildman–Crippen LogP) is 1.22. The number of rotatable bonds is 6. The number of aromatic amines is 1. The largest absolute Gasteiger partial charge is 0.379 e. The van der Waals surface area contributed by atoms with Gasteiger partial charge >= 0.3 is 0 Å². The maximum atomic E-state index is 12.0. The zero-order valence-corrected chi connectivity index (χ0v) is 14.6. The Labute approximate surface area is 147 Å². The van der Waals surface area contributed by atoms with Gasteiger partial charge in [0.1, 0.15) is 0 Å². The van der Waals surface area contributed by atoms with E-state index in [0.29, 0.717) is 24.9 Å². The van der Waals surface area contributed by atoms with E-state index in [9.17, 15) is 9.59 Å². The van der Waals surface area contributed by atoms with Gasteiger partial charge in [0.2, 0.25) is 5.91 Å². The van der Waals surface area contributed by atoms with Crippen molar-refractivity contribution in [3.63, 3.8) is 0 Å². The van der Waals surface area contributed by atoms with Gasteiger partial charge in [-0.25, -0.2) is 0 Å². The van der Waals surface area contributed by atoms with Crippen molar-refractivity contribution in [2.75, 3.05) is 39.4 Å². The van der Waals surface area contributed by atoms with Crippen LogP contribution >= 0.6 is 0 Å². The molecule has 0 bridgehead atoms. The van der Waals surface area contributed by atoms with Crippen LogP contribution in [-0.2, 0) is 16.0 Å². The van der Waals surface area contributed by atoms with Gasteiger partial charge in [0.25, 0.3) is 5.56 Å². The van der Waals surface area contributed by atoms with Crippen molar-refractivity contribution >= 4 is 16.8 Å². The molecule has 1 fully saturated rings. The number of H-pyrrole nitrogens is 1. The molecule has 0 unspecified atom stereocenters. The van der Waals surface area contributed by atoms with Gasteiger partial charge in [-0.2, -0.15) is 0 Å². The fourth-order valence-corrected chi connectivity index (χ4v) is 3.04. The van der Waals surface area contributed by atoms with Gasteiger partial charge in [-0.3, -0.25) is 14.5 Å². The molecule has 0 spiro atoms. The lowest BCUT2D eigenvalue weighted by Gasteiger charge is -2.26. The zero-order valence-electron chi connectivity index (χ0n) is 14.6. The molecule has 3 rings (SSSR count). The van der Waals surface area contributed by atoms with Crippen LogP contribution in [0.2, 0.25) is 0 Å². The normalized spacial score (nSPS) is 15.4. The number of carbonyl (C=O) groups excluding carboxylic acids is 1. The number of hydrogen-bond donors (Lipinski definition) is 2. The van der Waals surface area contributed by atoms with Gasteiger partial charge in [-0.05, 0) is 36.4 Å². The molecule has 1 aliphatic rings. The van der Waals surface area contributed by atoms with Crippen LogP contribution in [-0.4, -0.2) is 55.2 Å². The Morgan fingerprint density at radius 2 is 2.08 bits per heavy atom. The minimum Gasteiger partial charge on any atom is -0.379 e. The summed E-state index contributed by atoms with van der Waals surface area (Å²) in [7, 11) is 0. The van der Waals surface area contributed by atoms with Crippen LogP contribution in [0, 0.1) is 6.92 Å². The number of amides is 1. The molecule has 1 aromatic carbocycles. The Hall–Kier alpha value is -2.18. The van der Waals surface area contributed by atoms with Gasteiger partial charge in [0.05, 0.1) is 13.2 Å². The Balaban J connectivity index is 1.47. The first-order valence-electron chi connectivity index (χ1n) is 8.81. The van der Waals surface area contributed by atoms with E-state index in [0.717, 1.165) is 49.3 Å². The van der Waals surface area contributed by atoms with E-state index in [2.05, 4.69) is 15.2 Å². The van der Waals surface area contributed by atoms with E-state index in [4.69, 9.17) is 4.74 Å². The van der Waals surface area contributed by atoms with Crippen molar-refractivity contribution in [2.45, 2.75) is 19.8 Å². The summed E-state index contributed by atoms with van der Waals surface area (Å²) in [6.07, 6.45) is 1.11. The molecule has 1 saturated heterocycles. The molecule has 6 heteroatoms. The van der Waals surface area contributed by atoms with Gasteiger partial charge in [0, 0.05) is 43.7 Å². The quantitative estimate of drug-likeness (QED) is 0.827. The van der Waals surface area contributed by atoms with Crippen molar-refractivity contribution in [2.24, 2.45) is 0 Å². The van der Waals surface area contributed by atoms with E-state index >= 15 is 0 Å². The number of ether oxygens (including phenoxy) is 1. The number of pyridine rings is 1. The third-order valence-corrected chi connectivity index (χ3v) is 4.59. The average Bonchev–Trinajstić information content (AvgIpc) is 2.62. The second-order valence-corrected chi connectivity index (χ2v) is 6.51. The lowest BCUT2D eigenvalue weighted by atomic mass is 10.1. The molecular weight excluding hydrogens is 318 g/mol. The maximum Gasteiger partial charge on any atom is 0.251 e. The fourth-order valence-electron chi connectivity index (χ4n) is 3.04. The van der Waals surface area contributed by atoms with Crippen LogP contribution in [0.25, 0.3) is 10.9 Å². The van der Waals surface area contributed by atoms with E-state index in [-0.39, 0.29) is 11.5 Å². The molecule has 134 valence electrons. The van der Waals surface area contributed by atoms with E-state index in [1.54, 1.807) is 6.92 Å². The highest BCUT2D eigenvalue weighted by atomic mass is 16.5. The topological polar surface area (TPSA) is 74.4 Å². The lowest BCUT2D eigenvalue weighted by Crippen LogP contribution is -2.41. The molecule has 6 nitrogen and oxygen atoms in total. The summed E-state index contributed by atoms with van der Waals surface area (Å²) >= 11 is 0. The Bertz CT molecular complexity index is 794. The van der Waals surface area contributed by atoms with Crippen LogP contribution in [0.5, 0.6) is 0 Å². The van der Waals surface area contributed by atoms with Gasteiger partial charge in [-0.1, -0.05) is 12.1 Å². The number of nitrogens with zero attached hydrogens (tertiary/aromatic N) is 1. The maximum absolute atomic E-state index is 12.0. The first-order valence-corrected chi connectivity index (χ1v) is 8.81. The number of aromatic nitrogens is 1. The number of hydrogen-bond acceptors (Lipinski definition) is 4. The first kappa shape index (κ1) is 17.6. The number of fused-ring (bicyclic) bond motifs is 1. The second kappa shape index (κ2) is 8.27. The Kier molecular flexibility index (Phi) is 5.83. The molecule has 0 atom stereocenters. The Morgan fingerprint density at radius 1 is 1.28 bits per heavy atom. The first-order chi connectivity index (χ1) is 12.1. The molecular formula is C19H25N3O3. The van der Waals surface area contributed by atoms with Crippen molar-refractivity contribution in [1.82, 2.24) is 15.2 Å². The standard InChI is InChI=1S/C19H25N3O3/c1-14-12-16-4-2-15(13-17(16)21-19(14)24)3-5-18(23)20-6-7-22-8-10-25-11-9-22/h2,4,12-13H,3,5-11H2,1H3,(H,20,23)(H,21,24). The van der Waals surface area contributed by atoms with Crippen LogP contribution in [0.15, 0.2) is 29.1 Å². The molecule has 1 amide bonds. The summed E-state index contributed by atoms with van der Waals surface area (Å²) in [5, 5.41) is 3.98. The highest BCUT2D eigenvalue weighted by Crippen LogP contribution is 2.14. The minimum atomic E-state index is -0.0643. The molecule has 0 aliphatic carbocycles. The molecule has 2 aromatic rings. The third-order valence-electron chi connectivity index (χ3n) is 4.59. The number of morpholine rings is 1. The van der Waals surface area contributed by atoms with E-state index in [1.165, 1.54) is 0 Å². The summed E-state index contributed by atoms with van der Waals surface area (Å²) in [5.41, 5.74) is 2.52. The average molecular weight is 343 g/mol. The van der Waals surface area contributed by atoms with Gasteiger partial charge in [-0.15, -0.1) is 0 Å². The molecule has 0 saturated carbocycles. The van der Waals surface area contributed by atoms with Crippen molar-refractivity contribution < 1.29 is 9.53 Å². The molecule has 0 radical (unpaired) electrons. The van der Waals surface area contributed by atoms with Crippen molar-refractivity contribution in [3.05, 3.63) is 45.7 Å². The highest BCUT2D eigenvalue weighted by Gasteiger charge is 2.10. The highest BCUT2D eigenvalue weighted by molar-refractivity contribution is 5.80. The zero-order chi connectivity index (χ0) is 17.6. The van der Waals surface area contributed by atoms with Crippen LogP contribution in [0.3, 0.4) is 0 Å². The predicted molar refractivity (Wildman–Crippen MR) is 97.9 cm³/mol. The number of nitrogens with one attached hydrogen (secondary N) is 2. The summed E-state index contributed by atoms with van der Waals surface area (Å²) < 4.78 is 5.31. The minimum absolute atomic E-state index is 0.0609. The summed E-state index contributed by atoms with van der Waals surface area (Å²) in [5.74, 6) is 0.0609. The van der Waals surface area contributed by atoms with Crippen LogP contribution < -0.4 is 10.9 Å². The second-order valence-electron chi connectivity index (χ2n) is 6.51. The molecule has 2 N–H and O–H groups in total. The summed E-state index contributed by atoms with van der Waals surface area (Å²) in [6.45, 7) is 6.76. The van der Waals surface area contributed by atoms with E-state index in [1.807, 2.05) is 24.3 Å². The number of aryl methyl sites for hydroxylation is 2.